The highest BCUT2D eigenvalue weighted by Gasteiger charge is 2.22. The number of carbonyl (C=O) groups is 2. The van der Waals surface area contributed by atoms with Crippen molar-refractivity contribution in [2.45, 2.75) is 51.7 Å². The van der Waals surface area contributed by atoms with Gasteiger partial charge in [0.2, 0.25) is 5.91 Å². The van der Waals surface area contributed by atoms with Crippen molar-refractivity contribution in [3.05, 3.63) is 30.5 Å². The van der Waals surface area contributed by atoms with Crippen molar-refractivity contribution in [3.8, 4) is 11.4 Å². The molecule has 0 unspecified atom stereocenters. The minimum Gasteiger partial charge on any atom is -0.378 e. The van der Waals surface area contributed by atoms with Crippen LogP contribution in [0, 0.1) is 0 Å². The van der Waals surface area contributed by atoms with E-state index >= 15 is 0 Å². The largest absolute Gasteiger partial charge is 0.378 e. The summed E-state index contributed by atoms with van der Waals surface area (Å²) in [7, 11) is 0. The number of hydrogen-bond donors (Lipinski definition) is 3. The fourth-order valence-electron chi connectivity index (χ4n) is 5.11. The minimum atomic E-state index is -0.356. The summed E-state index contributed by atoms with van der Waals surface area (Å²) in [6, 6.07) is 7.44. The van der Waals surface area contributed by atoms with Crippen LogP contribution in [-0.4, -0.2) is 93.9 Å². The summed E-state index contributed by atoms with van der Waals surface area (Å²) in [5.74, 6) is 1.08. The molecule has 220 valence electrons. The van der Waals surface area contributed by atoms with Gasteiger partial charge in [-0.05, 0) is 44.0 Å². The summed E-state index contributed by atoms with van der Waals surface area (Å²) in [6.07, 6.45) is 5.61. The molecule has 1 atom stereocenters. The van der Waals surface area contributed by atoms with Crippen molar-refractivity contribution in [3.63, 3.8) is 0 Å². The van der Waals surface area contributed by atoms with Crippen LogP contribution >= 0.6 is 0 Å². The van der Waals surface area contributed by atoms with Gasteiger partial charge in [0.1, 0.15) is 5.82 Å². The fraction of sp³-hybridized carbons (Fsp3) is 0.536. The molecule has 13 nitrogen and oxygen atoms in total. The molecular weight excluding hydrogens is 528 g/mol. The van der Waals surface area contributed by atoms with E-state index in [4.69, 9.17) is 24.6 Å². The molecule has 3 amide bonds. The van der Waals surface area contributed by atoms with E-state index in [0.29, 0.717) is 57.4 Å². The lowest BCUT2D eigenvalue weighted by molar-refractivity contribution is -0.129. The van der Waals surface area contributed by atoms with E-state index in [-0.39, 0.29) is 18.0 Å². The van der Waals surface area contributed by atoms with E-state index in [0.717, 1.165) is 61.2 Å². The molecule has 0 spiro atoms. The predicted molar refractivity (Wildman–Crippen MR) is 153 cm³/mol. The number of morpholine rings is 2. The smallest absolute Gasteiger partial charge is 0.322 e. The van der Waals surface area contributed by atoms with E-state index in [1.807, 2.05) is 42.1 Å². The standard InChI is InChI=1S/C28H38N8O5/c1-20-19-35(14-17-41-20)28(38)30-22-9-7-21(8-10-22)25-31-26(34-12-15-40-16-13-34)23-18-29-36(27(23)32-25)11-5-3-2-4-6-24(37)33-39/h7-10,18,20,39H,2-6,11-17,19H2,1H3,(H,30,38)(H,33,37)/t20-/m1/s1. The highest BCUT2D eigenvalue weighted by molar-refractivity contribution is 5.90. The molecule has 13 heteroatoms. The fourth-order valence-corrected chi connectivity index (χ4v) is 5.11. The molecule has 1 aromatic carbocycles. The first-order valence-corrected chi connectivity index (χ1v) is 14.3. The lowest BCUT2D eigenvalue weighted by Gasteiger charge is -2.31. The van der Waals surface area contributed by atoms with Crippen molar-refractivity contribution in [2.24, 2.45) is 0 Å². The van der Waals surface area contributed by atoms with Gasteiger partial charge in [0, 0.05) is 50.4 Å². The summed E-state index contributed by atoms with van der Waals surface area (Å²) in [5.41, 5.74) is 3.99. The molecule has 41 heavy (non-hydrogen) atoms. The Balaban J connectivity index is 1.32. The average molecular weight is 567 g/mol. The third-order valence-corrected chi connectivity index (χ3v) is 7.36. The Morgan fingerprint density at radius 1 is 1.02 bits per heavy atom. The van der Waals surface area contributed by atoms with Crippen LogP contribution in [0.3, 0.4) is 0 Å². The number of nitrogens with zero attached hydrogens (tertiary/aromatic N) is 6. The topological polar surface area (TPSA) is 147 Å². The Bertz CT molecular complexity index is 1330. The molecule has 3 aromatic rings. The number of carbonyl (C=O) groups excluding carboxylic acids is 2. The van der Waals surface area contributed by atoms with Crippen LogP contribution in [0.25, 0.3) is 22.4 Å². The normalized spacial score (nSPS) is 17.6. The summed E-state index contributed by atoms with van der Waals surface area (Å²) in [6.45, 7) is 7.09. The second-order valence-electron chi connectivity index (χ2n) is 10.4. The van der Waals surface area contributed by atoms with Crippen LogP contribution in [0.4, 0.5) is 16.3 Å². The number of nitrogens with one attached hydrogen (secondary N) is 2. The zero-order chi connectivity index (χ0) is 28.6. The molecule has 3 N–H and O–H groups in total. The highest BCUT2D eigenvalue weighted by Crippen LogP contribution is 2.29. The van der Waals surface area contributed by atoms with E-state index in [1.54, 1.807) is 10.4 Å². The van der Waals surface area contributed by atoms with Crippen molar-refractivity contribution < 1.29 is 24.3 Å². The summed E-state index contributed by atoms with van der Waals surface area (Å²) >= 11 is 0. The van der Waals surface area contributed by atoms with Crippen molar-refractivity contribution in [2.75, 3.05) is 56.2 Å². The van der Waals surface area contributed by atoms with Gasteiger partial charge in [-0.2, -0.15) is 5.10 Å². The number of unbranched alkanes of at least 4 members (excludes halogenated alkanes) is 3. The van der Waals surface area contributed by atoms with Crippen LogP contribution in [0.2, 0.25) is 0 Å². The molecule has 2 aliphatic rings. The zero-order valence-corrected chi connectivity index (χ0v) is 23.4. The number of fused-ring (bicyclic) bond motifs is 1. The van der Waals surface area contributed by atoms with Gasteiger partial charge in [-0.1, -0.05) is 12.8 Å². The molecule has 0 bridgehead atoms. The minimum absolute atomic E-state index is 0.0260. The van der Waals surface area contributed by atoms with Crippen LogP contribution in [0.15, 0.2) is 30.5 Å². The number of hydroxylamine groups is 1. The Labute approximate surface area is 238 Å². The number of rotatable bonds is 10. The Morgan fingerprint density at radius 3 is 2.56 bits per heavy atom. The quantitative estimate of drug-likeness (QED) is 0.191. The lowest BCUT2D eigenvalue weighted by Crippen LogP contribution is -2.46. The molecule has 2 saturated heterocycles. The van der Waals surface area contributed by atoms with Gasteiger partial charge < -0.3 is 24.6 Å². The molecule has 5 rings (SSSR count). The molecule has 2 aromatic heterocycles. The van der Waals surface area contributed by atoms with E-state index < -0.39 is 0 Å². The van der Waals surface area contributed by atoms with Gasteiger partial charge in [-0.3, -0.25) is 10.0 Å². The number of ether oxygens (including phenoxy) is 2. The van der Waals surface area contributed by atoms with Gasteiger partial charge in [0.15, 0.2) is 11.5 Å². The predicted octanol–water partition coefficient (Wildman–Crippen LogP) is 3.04. The zero-order valence-electron chi connectivity index (χ0n) is 23.4. The molecule has 2 aliphatic heterocycles. The maximum Gasteiger partial charge on any atom is 0.322 e. The van der Waals surface area contributed by atoms with Gasteiger partial charge in [0.25, 0.3) is 0 Å². The van der Waals surface area contributed by atoms with Gasteiger partial charge >= 0.3 is 6.03 Å². The maximum atomic E-state index is 12.7. The van der Waals surface area contributed by atoms with Crippen molar-refractivity contribution >= 4 is 34.5 Å². The molecule has 4 heterocycles. The SMILES string of the molecule is C[C@@H]1CN(C(=O)Nc2ccc(-c3nc(N4CCOCC4)c4cnn(CCCCCCC(=O)NO)c4n3)cc2)CCO1. The van der Waals surface area contributed by atoms with Crippen LogP contribution in [0.5, 0.6) is 0 Å². The molecule has 0 radical (unpaired) electrons. The first kappa shape index (κ1) is 28.7. The van der Waals surface area contributed by atoms with E-state index in [1.165, 1.54) is 0 Å². The molecule has 0 saturated carbocycles. The first-order valence-electron chi connectivity index (χ1n) is 14.3. The summed E-state index contributed by atoms with van der Waals surface area (Å²) in [4.78, 5) is 37.8. The van der Waals surface area contributed by atoms with Gasteiger partial charge in [-0.25, -0.2) is 24.9 Å². The Hall–Kier alpha value is -3.81. The molecule has 0 aliphatic carbocycles. The number of anilines is 2. The molecule has 2 fully saturated rings. The number of amides is 3. The second-order valence-corrected chi connectivity index (χ2v) is 10.4. The van der Waals surface area contributed by atoms with Crippen LogP contribution < -0.4 is 15.7 Å². The Kier molecular flexibility index (Phi) is 9.59. The first-order chi connectivity index (χ1) is 20.0. The average Bonchev–Trinajstić information content (AvgIpc) is 3.42. The number of benzene rings is 1. The number of aromatic nitrogens is 4. The summed E-state index contributed by atoms with van der Waals surface area (Å²) < 4.78 is 13.0. The number of urea groups is 1. The van der Waals surface area contributed by atoms with Crippen molar-refractivity contribution in [1.29, 1.82) is 0 Å². The van der Waals surface area contributed by atoms with Gasteiger partial charge in [0.05, 0.1) is 37.5 Å². The number of aryl methyl sites for hydroxylation is 1. The highest BCUT2D eigenvalue weighted by atomic mass is 16.5. The monoisotopic (exact) mass is 566 g/mol. The molecular formula is C28H38N8O5. The Morgan fingerprint density at radius 2 is 1.80 bits per heavy atom. The van der Waals surface area contributed by atoms with Crippen LogP contribution in [-0.2, 0) is 20.8 Å². The lowest BCUT2D eigenvalue weighted by atomic mass is 10.1. The second kappa shape index (κ2) is 13.7. The van der Waals surface area contributed by atoms with E-state index in [9.17, 15) is 9.59 Å². The third-order valence-electron chi connectivity index (χ3n) is 7.36. The third kappa shape index (κ3) is 7.29. The van der Waals surface area contributed by atoms with Crippen LogP contribution in [0.1, 0.15) is 39.0 Å². The van der Waals surface area contributed by atoms with Gasteiger partial charge in [-0.15, -0.1) is 0 Å². The number of hydrogen-bond acceptors (Lipinski definition) is 9. The summed E-state index contributed by atoms with van der Waals surface area (Å²) in [5, 5.41) is 17.2. The maximum absolute atomic E-state index is 12.7. The van der Waals surface area contributed by atoms with Crippen molar-refractivity contribution in [1.82, 2.24) is 30.1 Å². The van der Waals surface area contributed by atoms with E-state index in [2.05, 4.69) is 15.3 Å².